The number of fused-ring (bicyclic) bond motifs is 1. The number of nitrogens with one attached hydrogen (secondary N) is 1. The van der Waals surface area contributed by atoms with Crippen molar-refractivity contribution in [3.8, 4) is 5.75 Å². The van der Waals surface area contributed by atoms with E-state index < -0.39 is 0 Å². The molecule has 1 saturated carbocycles. The number of hydrogen-bond acceptors (Lipinski definition) is 8. The molecular weight excluding hydrogens is 408 g/mol. The second kappa shape index (κ2) is 9.12. The quantitative estimate of drug-likeness (QED) is 0.652. The Hall–Kier alpha value is -3.20. The van der Waals surface area contributed by atoms with Crippen LogP contribution in [-0.2, 0) is 11.8 Å². The lowest BCUT2D eigenvalue weighted by Gasteiger charge is -2.31. The zero-order valence-electron chi connectivity index (χ0n) is 18.2. The minimum Gasteiger partial charge on any atom is -0.488 e. The van der Waals surface area contributed by atoms with Crippen LogP contribution in [0.25, 0.3) is 11.0 Å². The number of nitrogens with zero attached hydrogens (tertiary/aromatic N) is 5. The zero-order chi connectivity index (χ0) is 21.9. The van der Waals surface area contributed by atoms with Crippen molar-refractivity contribution in [2.45, 2.75) is 37.8 Å². The van der Waals surface area contributed by atoms with E-state index in [4.69, 9.17) is 9.47 Å². The van der Waals surface area contributed by atoms with Crippen LogP contribution in [0.3, 0.4) is 0 Å². The van der Waals surface area contributed by atoms with Gasteiger partial charge in [-0.15, -0.1) is 0 Å². The Morgan fingerprint density at radius 2 is 1.84 bits per heavy atom. The average molecular weight is 437 g/mol. The molecule has 0 amide bonds. The minimum absolute atomic E-state index is 0.109. The topological polar surface area (TPSA) is 94.4 Å². The van der Waals surface area contributed by atoms with E-state index in [0.717, 1.165) is 80.3 Å². The second-order valence-electron chi connectivity index (χ2n) is 8.38. The Morgan fingerprint density at radius 1 is 1.06 bits per heavy atom. The molecule has 1 aliphatic carbocycles. The molecule has 1 aromatic carbocycles. The van der Waals surface area contributed by atoms with Crippen molar-refractivity contribution in [2.75, 3.05) is 36.5 Å². The van der Waals surface area contributed by atoms with E-state index in [9.17, 15) is 4.79 Å². The van der Waals surface area contributed by atoms with Crippen LogP contribution in [-0.4, -0.2) is 58.2 Å². The molecule has 1 N–H and O–H groups in total. The van der Waals surface area contributed by atoms with Gasteiger partial charge in [-0.25, -0.2) is 9.67 Å². The number of ether oxygens (including phenoxy) is 2. The maximum absolute atomic E-state index is 11.5. The zero-order valence-corrected chi connectivity index (χ0v) is 18.2. The Labute approximate surface area is 186 Å². The molecule has 9 nitrogen and oxygen atoms in total. The second-order valence-corrected chi connectivity index (χ2v) is 8.38. The van der Waals surface area contributed by atoms with E-state index in [-0.39, 0.29) is 11.7 Å². The number of aromatic nitrogens is 4. The third-order valence-electron chi connectivity index (χ3n) is 6.18. The average Bonchev–Trinajstić information content (AvgIpc) is 2.83. The molecule has 9 heteroatoms. The summed E-state index contributed by atoms with van der Waals surface area (Å²) in [4.78, 5) is 22.9. The van der Waals surface area contributed by atoms with E-state index in [1.807, 2.05) is 0 Å². The Balaban J connectivity index is 1.27. The van der Waals surface area contributed by atoms with Crippen molar-refractivity contribution < 1.29 is 9.47 Å². The molecule has 0 radical (unpaired) electrons. The lowest BCUT2D eigenvalue weighted by molar-refractivity contribution is 0.122. The maximum Gasteiger partial charge on any atom is 0.266 e. The van der Waals surface area contributed by atoms with Crippen LogP contribution in [0.1, 0.15) is 25.7 Å². The molecule has 3 aromatic rings. The van der Waals surface area contributed by atoms with Crippen molar-refractivity contribution in [1.29, 1.82) is 0 Å². The van der Waals surface area contributed by atoms with Crippen LogP contribution in [0.2, 0.25) is 0 Å². The van der Waals surface area contributed by atoms with E-state index in [2.05, 4.69) is 37.4 Å². The molecule has 32 heavy (non-hydrogen) atoms. The summed E-state index contributed by atoms with van der Waals surface area (Å²) in [5.41, 5.74) is 2.65. The van der Waals surface area contributed by atoms with Crippen LogP contribution in [0.5, 0.6) is 5.75 Å². The summed E-state index contributed by atoms with van der Waals surface area (Å²) < 4.78 is 13.3. The first-order valence-electron chi connectivity index (χ1n) is 11.2. The SMILES string of the molecule is Cn1nc(NC2CCC(Oc3cc(N4CCOCC4)cc4nccnc34)CC2)ccc1=O. The van der Waals surface area contributed by atoms with Gasteiger partial charge in [0.1, 0.15) is 17.1 Å². The molecule has 2 aromatic heterocycles. The minimum atomic E-state index is -0.109. The molecule has 2 aliphatic rings. The van der Waals surface area contributed by atoms with Crippen molar-refractivity contribution in [3.05, 3.63) is 47.0 Å². The fourth-order valence-corrected chi connectivity index (χ4v) is 4.42. The van der Waals surface area contributed by atoms with Crippen molar-refractivity contribution >= 4 is 22.5 Å². The van der Waals surface area contributed by atoms with E-state index in [1.54, 1.807) is 25.5 Å². The summed E-state index contributed by atoms with van der Waals surface area (Å²) >= 11 is 0. The van der Waals surface area contributed by atoms with Gasteiger partial charge in [0.2, 0.25) is 0 Å². The fourth-order valence-electron chi connectivity index (χ4n) is 4.42. The number of benzene rings is 1. The molecule has 0 spiro atoms. The third kappa shape index (κ3) is 4.52. The monoisotopic (exact) mass is 436 g/mol. The van der Waals surface area contributed by atoms with Gasteiger partial charge in [-0.05, 0) is 37.8 Å². The van der Waals surface area contributed by atoms with Gasteiger partial charge in [-0.1, -0.05) is 0 Å². The predicted molar refractivity (Wildman–Crippen MR) is 122 cm³/mol. The molecule has 1 saturated heterocycles. The van der Waals surface area contributed by atoms with Crippen molar-refractivity contribution in [1.82, 2.24) is 19.7 Å². The number of anilines is 2. The van der Waals surface area contributed by atoms with Crippen LogP contribution < -0.4 is 20.5 Å². The van der Waals surface area contributed by atoms with Gasteiger partial charge in [0.05, 0.1) is 24.8 Å². The smallest absolute Gasteiger partial charge is 0.266 e. The van der Waals surface area contributed by atoms with E-state index in [0.29, 0.717) is 6.04 Å². The van der Waals surface area contributed by atoms with Gasteiger partial charge < -0.3 is 19.7 Å². The highest BCUT2D eigenvalue weighted by Crippen LogP contribution is 2.33. The molecular formula is C23H28N6O3. The van der Waals surface area contributed by atoms with Gasteiger partial charge in [-0.3, -0.25) is 9.78 Å². The Kier molecular flexibility index (Phi) is 5.89. The Morgan fingerprint density at radius 3 is 2.62 bits per heavy atom. The summed E-state index contributed by atoms with van der Waals surface area (Å²) in [5, 5.41) is 7.72. The lowest BCUT2D eigenvalue weighted by Crippen LogP contribution is -2.36. The van der Waals surface area contributed by atoms with Gasteiger partial charge in [-0.2, -0.15) is 5.10 Å². The van der Waals surface area contributed by atoms with Crippen molar-refractivity contribution in [2.24, 2.45) is 7.05 Å². The van der Waals surface area contributed by atoms with E-state index >= 15 is 0 Å². The van der Waals surface area contributed by atoms with E-state index in [1.165, 1.54) is 10.7 Å². The lowest BCUT2D eigenvalue weighted by atomic mass is 9.93. The number of rotatable bonds is 5. The summed E-state index contributed by atoms with van der Waals surface area (Å²) in [7, 11) is 1.66. The van der Waals surface area contributed by atoms with Crippen LogP contribution >= 0.6 is 0 Å². The first-order valence-corrected chi connectivity index (χ1v) is 11.2. The predicted octanol–water partition coefficient (Wildman–Crippen LogP) is 2.36. The fraction of sp³-hybridized carbons (Fsp3) is 0.478. The largest absolute Gasteiger partial charge is 0.488 e. The van der Waals surface area contributed by atoms with Crippen LogP contribution in [0.15, 0.2) is 41.5 Å². The summed E-state index contributed by atoms with van der Waals surface area (Å²) in [6.45, 7) is 3.19. The van der Waals surface area contributed by atoms with Crippen LogP contribution in [0.4, 0.5) is 11.5 Å². The van der Waals surface area contributed by atoms with Crippen LogP contribution in [0, 0.1) is 0 Å². The Bertz CT molecular complexity index is 1140. The molecule has 0 atom stereocenters. The normalized spacial score (nSPS) is 21.5. The summed E-state index contributed by atoms with van der Waals surface area (Å²) in [6, 6.07) is 7.78. The maximum atomic E-state index is 11.5. The first kappa shape index (κ1) is 20.7. The van der Waals surface area contributed by atoms with Gasteiger partial charge >= 0.3 is 0 Å². The molecule has 3 heterocycles. The highest BCUT2D eigenvalue weighted by atomic mass is 16.5. The molecule has 5 rings (SSSR count). The number of aryl methyl sites for hydroxylation is 1. The summed E-state index contributed by atoms with van der Waals surface area (Å²) in [5.74, 6) is 1.53. The molecule has 168 valence electrons. The number of hydrogen-bond donors (Lipinski definition) is 1. The molecule has 0 bridgehead atoms. The molecule has 2 fully saturated rings. The third-order valence-corrected chi connectivity index (χ3v) is 6.18. The summed E-state index contributed by atoms with van der Waals surface area (Å²) in [6.07, 6.45) is 7.39. The number of morpholine rings is 1. The highest BCUT2D eigenvalue weighted by molar-refractivity contribution is 5.85. The first-order chi connectivity index (χ1) is 15.7. The van der Waals surface area contributed by atoms with Gasteiger partial charge in [0, 0.05) is 56.4 Å². The standard InChI is InChI=1S/C23H28N6O3/c1-28-22(30)7-6-21(27-28)26-16-2-4-18(5-3-16)32-20-15-17(29-10-12-31-13-11-29)14-19-23(20)25-9-8-24-19/h6-9,14-16,18H,2-5,10-13H2,1H3,(H,26,27). The van der Waals surface area contributed by atoms with Gasteiger partial charge in [0.15, 0.2) is 0 Å². The highest BCUT2D eigenvalue weighted by Gasteiger charge is 2.24. The van der Waals surface area contributed by atoms with Crippen molar-refractivity contribution in [3.63, 3.8) is 0 Å². The van der Waals surface area contributed by atoms with Gasteiger partial charge in [0.25, 0.3) is 5.56 Å². The molecule has 0 unspecified atom stereocenters. The molecule has 1 aliphatic heterocycles.